The summed E-state index contributed by atoms with van der Waals surface area (Å²) in [5.74, 6) is -0.765. The van der Waals surface area contributed by atoms with E-state index in [-0.39, 0.29) is 6.42 Å². The molecular weight excluding hydrogens is 328 g/mol. The van der Waals surface area contributed by atoms with Crippen LogP contribution in [0.3, 0.4) is 0 Å². The first-order chi connectivity index (χ1) is 12.6. The van der Waals surface area contributed by atoms with E-state index in [1.165, 1.54) is 0 Å². The lowest BCUT2D eigenvalue weighted by Gasteiger charge is -2.14. The lowest BCUT2D eigenvalue weighted by molar-refractivity contribution is -0.136. The lowest BCUT2D eigenvalue weighted by atomic mass is 10.1. The number of hydrogen-bond donors (Lipinski definition) is 3. The molecular formula is C22H34O4. The molecule has 0 aromatic heterocycles. The molecule has 2 atom stereocenters. The van der Waals surface area contributed by atoms with E-state index in [0.29, 0.717) is 19.3 Å². The van der Waals surface area contributed by atoms with Crippen molar-refractivity contribution in [2.24, 2.45) is 0 Å². The van der Waals surface area contributed by atoms with E-state index in [9.17, 15) is 15.0 Å². The third kappa shape index (κ3) is 16.9. The van der Waals surface area contributed by atoms with Gasteiger partial charge in [-0.25, -0.2) is 0 Å². The van der Waals surface area contributed by atoms with Crippen molar-refractivity contribution in [2.75, 3.05) is 0 Å². The average molecular weight is 363 g/mol. The summed E-state index contributed by atoms with van der Waals surface area (Å²) in [6, 6.07) is 0. The summed E-state index contributed by atoms with van der Waals surface area (Å²) in [6.07, 6.45) is 23.6. The molecule has 0 fully saturated rings. The predicted molar refractivity (Wildman–Crippen MR) is 108 cm³/mol. The zero-order valence-electron chi connectivity index (χ0n) is 15.8. The van der Waals surface area contributed by atoms with Crippen LogP contribution in [0.2, 0.25) is 0 Å². The van der Waals surface area contributed by atoms with Crippen LogP contribution in [0.1, 0.15) is 58.3 Å². The summed E-state index contributed by atoms with van der Waals surface area (Å²) in [6.45, 7) is 2.04. The number of carboxylic acids is 1. The summed E-state index contributed by atoms with van der Waals surface area (Å²) < 4.78 is 0. The highest BCUT2D eigenvalue weighted by molar-refractivity contribution is 5.66. The molecule has 146 valence electrons. The van der Waals surface area contributed by atoms with Crippen molar-refractivity contribution in [3.63, 3.8) is 0 Å². The van der Waals surface area contributed by atoms with Gasteiger partial charge >= 0.3 is 5.97 Å². The molecule has 0 saturated heterocycles. The zero-order chi connectivity index (χ0) is 19.5. The number of hydrogen-bond acceptors (Lipinski definition) is 3. The largest absolute Gasteiger partial charge is 0.481 e. The van der Waals surface area contributed by atoms with E-state index in [1.54, 1.807) is 0 Å². The second-order valence-electron chi connectivity index (χ2n) is 6.01. The molecule has 3 N–H and O–H groups in total. The Kier molecular flexibility index (Phi) is 16.6. The molecule has 0 amide bonds. The van der Waals surface area contributed by atoms with Crippen molar-refractivity contribution in [2.45, 2.75) is 70.5 Å². The van der Waals surface area contributed by atoms with Crippen LogP contribution in [0.4, 0.5) is 0 Å². The normalized spacial score (nSPS) is 15.2. The van der Waals surface area contributed by atoms with Gasteiger partial charge in [0, 0.05) is 6.42 Å². The van der Waals surface area contributed by atoms with Gasteiger partial charge < -0.3 is 15.3 Å². The second kappa shape index (κ2) is 17.9. The van der Waals surface area contributed by atoms with Crippen molar-refractivity contribution >= 4 is 5.97 Å². The van der Waals surface area contributed by atoms with E-state index >= 15 is 0 Å². The van der Waals surface area contributed by atoms with E-state index < -0.39 is 18.2 Å². The number of rotatable bonds is 15. The van der Waals surface area contributed by atoms with Crippen LogP contribution in [0.25, 0.3) is 0 Å². The standard InChI is InChI=1S/C22H34O4/c1-2-3-14-17-20(23)21(24)18-15-12-10-8-6-4-5-7-9-11-13-16-19-22(25)26/h3,5-8,11-15,20-21,23-24H,2,4,9-10,16-19H2,1H3,(H,25,26)/b7-5-,8-6-,13-11-,14-3-,15-12-/t20-,21+/m1/s1. The van der Waals surface area contributed by atoms with Crippen LogP contribution in [0, 0.1) is 0 Å². The highest BCUT2D eigenvalue weighted by Crippen LogP contribution is 2.06. The fourth-order valence-corrected chi connectivity index (χ4v) is 2.09. The quantitative estimate of drug-likeness (QED) is 0.369. The first-order valence-corrected chi connectivity index (χ1v) is 9.40. The number of aliphatic carboxylic acids is 1. The molecule has 0 aliphatic rings. The van der Waals surface area contributed by atoms with Gasteiger partial charge in [0.15, 0.2) is 0 Å². The van der Waals surface area contributed by atoms with Crippen LogP contribution in [-0.2, 0) is 4.79 Å². The number of carboxylic acid groups (broad SMARTS) is 1. The molecule has 0 aliphatic heterocycles. The summed E-state index contributed by atoms with van der Waals surface area (Å²) in [5.41, 5.74) is 0. The number of carbonyl (C=O) groups is 1. The van der Waals surface area contributed by atoms with Gasteiger partial charge in [-0.1, -0.05) is 67.7 Å². The topological polar surface area (TPSA) is 77.8 Å². The molecule has 0 aromatic rings. The Hall–Kier alpha value is -1.91. The lowest BCUT2D eigenvalue weighted by Crippen LogP contribution is -2.24. The van der Waals surface area contributed by atoms with Crippen molar-refractivity contribution in [3.05, 3.63) is 60.8 Å². The van der Waals surface area contributed by atoms with Gasteiger partial charge in [-0.05, 0) is 44.9 Å². The Morgan fingerprint density at radius 1 is 0.731 bits per heavy atom. The van der Waals surface area contributed by atoms with Crippen molar-refractivity contribution in [3.8, 4) is 0 Å². The van der Waals surface area contributed by atoms with Gasteiger partial charge in [-0.2, -0.15) is 0 Å². The first kappa shape index (κ1) is 24.1. The molecule has 4 heteroatoms. The monoisotopic (exact) mass is 362 g/mol. The van der Waals surface area contributed by atoms with Gasteiger partial charge in [-0.15, -0.1) is 0 Å². The first-order valence-electron chi connectivity index (χ1n) is 9.40. The Balaban J connectivity index is 3.70. The van der Waals surface area contributed by atoms with Gasteiger partial charge in [0.1, 0.15) is 0 Å². The minimum absolute atomic E-state index is 0.183. The molecule has 0 spiro atoms. The van der Waals surface area contributed by atoms with E-state index in [4.69, 9.17) is 5.11 Å². The van der Waals surface area contributed by atoms with Crippen molar-refractivity contribution in [1.29, 1.82) is 0 Å². The molecule has 0 aromatic carbocycles. The summed E-state index contributed by atoms with van der Waals surface area (Å²) >= 11 is 0. The maximum atomic E-state index is 10.3. The Labute approximate surface area is 157 Å². The number of aliphatic hydroxyl groups is 2. The third-order valence-electron chi connectivity index (χ3n) is 3.61. The van der Waals surface area contributed by atoms with E-state index in [1.807, 2.05) is 43.4 Å². The van der Waals surface area contributed by atoms with Crippen molar-refractivity contribution < 1.29 is 20.1 Å². The van der Waals surface area contributed by atoms with Crippen LogP contribution < -0.4 is 0 Å². The number of aliphatic hydroxyl groups excluding tert-OH is 2. The minimum atomic E-state index is -0.765. The fourth-order valence-electron chi connectivity index (χ4n) is 2.09. The second-order valence-corrected chi connectivity index (χ2v) is 6.01. The molecule has 0 rings (SSSR count). The number of allylic oxidation sites excluding steroid dienone is 8. The molecule has 4 nitrogen and oxygen atoms in total. The van der Waals surface area contributed by atoms with Gasteiger partial charge in [0.25, 0.3) is 0 Å². The smallest absolute Gasteiger partial charge is 0.303 e. The Morgan fingerprint density at radius 3 is 1.62 bits per heavy atom. The molecule has 0 saturated carbocycles. The van der Waals surface area contributed by atoms with Crippen molar-refractivity contribution in [1.82, 2.24) is 0 Å². The van der Waals surface area contributed by atoms with Crippen LogP contribution in [0.5, 0.6) is 0 Å². The highest BCUT2D eigenvalue weighted by Gasteiger charge is 2.12. The molecule has 0 radical (unpaired) electrons. The van der Waals surface area contributed by atoms with Gasteiger partial charge in [0.2, 0.25) is 0 Å². The van der Waals surface area contributed by atoms with Gasteiger partial charge in [-0.3, -0.25) is 4.79 Å². The molecule has 26 heavy (non-hydrogen) atoms. The highest BCUT2D eigenvalue weighted by atomic mass is 16.4. The van der Waals surface area contributed by atoms with E-state index in [0.717, 1.165) is 25.7 Å². The van der Waals surface area contributed by atoms with E-state index in [2.05, 4.69) is 24.3 Å². The fraction of sp³-hybridized carbons (Fsp3) is 0.500. The molecule has 0 unspecified atom stereocenters. The Bertz CT molecular complexity index is 486. The zero-order valence-corrected chi connectivity index (χ0v) is 15.8. The predicted octanol–water partition coefficient (Wildman–Crippen LogP) is 4.71. The minimum Gasteiger partial charge on any atom is -0.481 e. The van der Waals surface area contributed by atoms with Gasteiger partial charge in [0.05, 0.1) is 12.2 Å². The summed E-state index contributed by atoms with van der Waals surface area (Å²) in [4.78, 5) is 10.3. The maximum Gasteiger partial charge on any atom is 0.303 e. The molecule has 0 aliphatic carbocycles. The van der Waals surface area contributed by atoms with Crippen LogP contribution in [0.15, 0.2) is 60.8 Å². The maximum absolute atomic E-state index is 10.3. The third-order valence-corrected chi connectivity index (χ3v) is 3.61. The van der Waals surface area contributed by atoms with Crippen LogP contribution >= 0.6 is 0 Å². The SMILES string of the molecule is CC/C=C\C[C@@H](O)[C@@H](O)C/C=C\C/C=C\C/C=C\C/C=C\CCC(=O)O. The Morgan fingerprint density at radius 2 is 1.15 bits per heavy atom. The molecule has 0 bridgehead atoms. The summed E-state index contributed by atoms with van der Waals surface area (Å²) in [7, 11) is 0. The average Bonchev–Trinajstić information content (AvgIpc) is 2.61. The molecule has 0 heterocycles. The summed E-state index contributed by atoms with van der Waals surface area (Å²) in [5, 5.41) is 28.1. The van der Waals surface area contributed by atoms with Crippen LogP contribution in [-0.4, -0.2) is 33.5 Å².